The van der Waals surface area contributed by atoms with Gasteiger partial charge in [0.05, 0.1) is 13.1 Å². The fourth-order valence-electron chi connectivity index (χ4n) is 2.56. The van der Waals surface area contributed by atoms with E-state index in [1.807, 2.05) is 6.08 Å². The highest BCUT2D eigenvalue weighted by molar-refractivity contribution is 4.83. The van der Waals surface area contributed by atoms with Crippen molar-refractivity contribution in [3.05, 3.63) is 12.7 Å². The van der Waals surface area contributed by atoms with Gasteiger partial charge in [-0.25, -0.2) is 0 Å². The van der Waals surface area contributed by atoms with E-state index in [1.54, 1.807) is 0 Å². The molecule has 1 N–H and O–H groups in total. The minimum absolute atomic E-state index is 0.288. The van der Waals surface area contributed by atoms with Gasteiger partial charge in [-0.3, -0.25) is 4.48 Å². The molecule has 1 aliphatic heterocycles. The maximum Gasteiger partial charge on any atom is 0.180 e. The Morgan fingerprint density at radius 3 is 2.86 bits per heavy atom. The summed E-state index contributed by atoms with van der Waals surface area (Å²) in [4.78, 5) is 0. The van der Waals surface area contributed by atoms with Crippen molar-refractivity contribution in [2.24, 2.45) is 0 Å². The van der Waals surface area contributed by atoms with Crippen molar-refractivity contribution in [2.75, 3.05) is 19.8 Å². The van der Waals surface area contributed by atoms with Crippen LogP contribution in [0.15, 0.2) is 12.7 Å². The highest BCUT2D eigenvalue weighted by Gasteiger charge is 2.36. The molecule has 1 fully saturated rings. The molecule has 0 saturated carbocycles. The first kappa shape index (κ1) is 11.7. The average molecular weight is 198 g/mol. The van der Waals surface area contributed by atoms with Crippen LogP contribution in [0.5, 0.6) is 0 Å². The molecule has 1 saturated heterocycles. The number of unbranched alkanes of at least 4 members (excludes halogenated alkanes) is 1. The van der Waals surface area contributed by atoms with Crippen molar-refractivity contribution in [3.63, 3.8) is 0 Å². The smallest absolute Gasteiger partial charge is 0.180 e. The number of hydrogen-bond acceptors (Lipinski definition) is 1. The van der Waals surface area contributed by atoms with Gasteiger partial charge in [0, 0.05) is 6.42 Å². The first-order chi connectivity index (χ1) is 6.79. The van der Waals surface area contributed by atoms with Crippen LogP contribution < -0.4 is 0 Å². The minimum atomic E-state index is 0.288. The molecule has 14 heavy (non-hydrogen) atoms. The summed E-state index contributed by atoms with van der Waals surface area (Å²) in [5, 5.41) is 9.59. The minimum Gasteiger partial charge on any atom is -0.347 e. The molecule has 2 heteroatoms. The summed E-state index contributed by atoms with van der Waals surface area (Å²) in [6, 6.07) is 0.486. The van der Waals surface area contributed by atoms with Crippen LogP contribution in [0, 0.1) is 0 Å². The number of nitrogens with zero attached hydrogens (tertiary/aromatic N) is 1. The Balaban J connectivity index is 2.65. The second-order valence-electron chi connectivity index (χ2n) is 4.46. The lowest BCUT2D eigenvalue weighted by Gasteiger charge is -2.45. The van der Waals surface area contributed by atoms with Crippen LogP contribution in [0.2, 0.25) is 0 Å². The first-order valence-corrected chi connectivity index (χ1v) is 5.88. The van der Waals surface area contributed by atoms with Crippen molar-refractivity contribution >= 4 is 0 Å². The van der Waals surface area contributed by atoms with Crippen LogP contribution in [0.25, 0.3) is 0 Å². The zero-order valence-electron chi connectivity index (χ0n) is 9.41. The highest BCUT2D eigenvalue weighted by Crippen LogP contribution is 2.26. The number of likely N-dealkylation sites (tertiary alicyclic amines) is 1. The van der Waals surface area contributed by atoms with E-state index in [4.69, 9.17) is 0 Å². The normalized spacial score (nSPS) is 32.9. The van der Waals surface area contributed by atoms with Crippen molar-refractivity contribution in [1.82, 2.24) is 0 Å². The molecule has 0 aromatic carbocycles. The molecule has 0 aromatic rings. The van der Waals surface area contributed by atoms with Gasteiger partial charge in [-0.15, -0.1) is 0 Å². The fourth-order valence-corrected chi connectivity index (χ4v) is 2.56. The van der Waals surface area contributed by atoms with Gasteiger partial charge in [0.25, 0.3) is 0 Å². The van der Waals surface area contributed by atoms with Crippen LogP contribution in [0.3, 0.4) is 0 Å². The van der Waals surface area contributed by atoms with Gasteiger partial charge in [0.15, 0.2) is 6.73 Å². The Morgan fingerprint density at radius 2 is 2.29 bits per heavy atom. The quantitative estimate of drug-likeness (QED) is 0.531. The predicted octanol–water partition coefficient (Wildman–Crippen LogP) is 2.29. The summed E-state index contributed by atoms with van der Waals surface area (Å²) in [6.07, 6.45) is 8.23. The molecule has 2 unspecified atom stereocenters. The van der Waals surface area contributed by atoms with Crippen LogP contribution >= 0.6 is 0 Å². The fraction of sp³-hybridized carbons (Fsp3) is 0.833. The van der Waals surface area contributed by atoms with E-state index in [0.29, 0.717) is 6.04 Å². The maximum absolute atomic E-state index is 9.59. The van der Waals surface area contributed by atoms with Crippen LogP contribution in [0.1, 0.15) is 39.0 Å². The summed E-state index contributed by atoms with van der Waals surface area (Å²) < 4.78 is 0.872. The lowest BCUT2D eigenvalue weighted by atomic mass is 9.98. The molecule has 1 heterocycles. The summed E-state index contributed by atoms with van der Waals surface area (Å²) >= 11 is 0. The summed E-state index contributed by atoms with van der Waals surface area (Å²) in [6.45, 7) is 8.65. The van der Waals surface area contributed by atoms with Crippen molar-refractivity contribution in [1.29, 1.82) is 0 Å². The average Bonchev–Trinajstić information content (AvgIpc) is 2.26. The molecule has 0 amide bonds. The molecular formula is C12H24NO+. The Morgan fingerprint density at radius 1 is 1.50 bits per heavy atom. The number of piperidine rings is 1. The van der Waals surface area contributed by atoms with Crippen LogP contribution in [0.4, 0.5) is 0 Å². The molecule has 0 radical (unpaired) electrons. The number of aliphatic hydroxyl groups is 1. The lowest BCUT2D eigenvalue weighted by Crippen LogP contribution is -2.58. The lowest BCUT2D eigenvalue weighted by molar-refractivity contribution is -0.965. The second-order valence-corrected chi connectivity index (χ2v) is 4.46. The molecule has 0 aliphatic carbocycles. The van der Waals surface area contributed by atoms with E-state index in [9.17, 15) is 5.11 Å². The Kier molecular flexibility index (Phi) is 4.63. The monoisotopic (exact) mass is 198 g/mol. The van der Waals surface area contributed by atoms with Crippen molar-refractivity contribution in [2.45, 2.75) is 45.1 Å². The number of quaternary nitrogens is 1. The zero-order chi connectivity index (χ0) is 10.4. The zero-order valence-corrected chi connectivity index (χ0v) is 9.41. The highest BCUT2D eigenvalue weighted by atomic mass is 16.3. The first-order valence-electron chi connectivity index (χ1n) is 5.88. The van der Waals surface area contributed by atoms with Crippen molar-refractivity contribution in [3.8, 4) is 0 Å². The van der Waals surface area contributed by atoms with Crippen LogP contribution in [-0.4, -0.2) is 35.5 Å². The predicted molar refractivity (Wildman–Crippen MR) is 59.8 cm³/mol. The van der Waals surface area contributed by atoms with E-state index >= 15 is 0 Å². The molecule has 0 aromatic heterocycles. The van der Waals surface area contributed by atoms with E-state index in [0.717, 1.165) is 17.6 Å². The number of aliphatic hydroxyl groups excluding tert-OH is 1. The Hall–Kier alpha value is -0.340. The molecule has 1 aliphatic rings. The second kappa shape index (κ2) is 5.52. The van der Waals surface area contributed by atoms with E-state index in [2.05, 4.69) is 13.5 Å². The van der Waals surface area contributed by atoms with Gasteiger partial charge in [-0.2, -0.15) is 0 Å². The van der Waals surface area contributed by atoms with Crippen molar-refractivity contribution < 1.29 is 9.59 Å². The number of rotatable bonds is 5. The number of hydrogen-bond donors (Lipinski definition) is 1. The van der Waals surface area contributed by atoms with Gasteiger partial charge < -0.3 is 5.11 Å². The molecular weight excluding hydrogens is 174 g/mol. The molecule has 2 atom stereocenters. The third kappa shape index (κ3) is 2.37. The third-order valence-electron chi connectivity index (χ3n) is 3.57. The van der Waals surface area contributed by atoms with E-state index in [1.165, 1.54) is 32.1 Å². The van der Waals surface area contributed by atoms with Gasteiger partial charge in [0.2, 0.25) is 0 Å². The van der Waals surface area contributed by atoms with E-state index in [-0.39, 0.29) is 6.73 Å². The summed E-state index contributed by atoms with van der Waals surface area (Å²) in [5.74, 6) is 0. The van der Waals surface area contributed by atoms with Gasteiger partial charge in [-0.05, 0) is 25.3 Å². The molecule has 1 rings (SSSR count). The molecule has 2 nitrogen and oxygen atoms in total. The maximum atomic E-state index is 9.59. The standard InChI is InChI=1S/C12H24NO/c1-3-5-9-13(11-14)10-7-6-8-12(13)4-2/h4,12,14H,2-3,5-11H2,1H3/q+1. The molecule has 0 spiro atoms. The largest absolute Gasteiger partial charge is 0.347 e. The van der Waals surface area contributed by atoms with E-state index < -0.39 is 0 Å². The third-order valence-corrected chi connectivity index (χ3v) is 3.57. The Labute approximate surface area is 87.8 Å². The van der Waals surface area contributed by atoms with Gasteiger partial charge in [-0.1, -0.05) is 19.9 Å². The Bertz CT molecular complexity index is 181. The molecule has 82 valence electrons. The van der Waals surface area contributed by atoms with Gasteiger partial charge >= 0.3 is 0 Å². The SMILES string of the molecule is C=CC1CCCC[N+]1(CO)CCCC. The summed E-state index contributed by atoms with van der Waals surface area (Å²) in [5.41, 5.74) is 0. The van der Waals surface area contributed by atoms with Crippen LogP contribution in [-0.2, 0) is 0 Å². The topological polar surface area (TPSA) is 20.2 Å². The summed E-state index contributed by atoms with van der Waals surface area (Å²) in [7, 11) is 0. The molecule has 0 bridgehead atoms. The van der Waals surface area contributed by atoms with Gasteiger partial charge in [0.1, 0.15) is 6.04 Å².